The van der Waals surface area contributed by atoms with Crippen LogP contribution in [0.2, 0.25) is 0 Å². The molecule has 1 aromatic carbocycles. The maximum Gasteiger partial charge on any atom is 0.219 e. The van der Waals surface area contributed by atoms with Crippen LogP contribution in [0.5, 0.6) is 0 Å². The number of carbonyl (C=O) groups excluding carboxylic acids is 1. The van der Waals surface area contributed by atoms with Crippen molar-refractivity contribution >= 4 is 27.1 Å². The molecule has 1 heterocycles. The zero-order valence-corrected chi connectivity index (χ0v) is 14.2. The van der Waals surface area contributed by atoms with Gasteiger partial charge in [-0.15, -0.1) is 11.3 Å². The highest BCUT2D eigenvalue weighted by Gasteiger charge is 2.30. The minimum Gasteiger partial charge on any atom is -0.354 e. The maximum absolute atomic E-state index is 12.8. The van der Waals surface area contributed by atoms with Gasteiger partial charge in [-0.05, 0) is 23.9 Å². The predicted octanol–water partition coefficient (Wildman–Crippen LogP) is 3.10. The minimum absolute atomic E-state index is 0.0793. The summed E-state index contributed by atoms with van der Waals surface area (Å²) in [4.78, 5) is 11.5. The fourth-order valence-electron chi connectivity index (χ4n) is 2.08. The molecular formula is C16H19NO3S2. The van der Waals surface area contributed by atoms with E-state index in [2.05, 4.69) is 5.32 Å². The summed E-state index contributed by atoms with van der Waals surface area (Å²) >= 11 is 1.20. The first-order valence-electron chi connectivity index (χ1n) is 7.05. The SMILES string of the molecule is CCC(=O)NC[C@H](c1ccc(C)cc1)S(=O)(=O)c1cccs1. The Balaban J connectivity index is 2.37. The molecule has 6 heteroatoms. The molecule has 0 aliphatic rings. The molecule has 0 radical (unpaired) electrons. The van der Waals surface area contributed by atoms with Crippen molar-refractivity contribution in [2.45, 2.75) is 29.7 Å². The third kappa shape index (κ3) is 3.75. The molecule has 0 aliphatic heterocycles. The zero-order valence-electron chi connectivity index (χ0n) is 12.6. The largest absolute Gasteiger partial charge is 0.354 e. The Labute approximate surface area is 135 Å². The fraction of sp³-hybridized carbons (Fsp3) is 0.312. The lowest BCUT2D eigenvalue weighted by Crippen LogP contribution is -2.31. The quantitative estimate of drug-likeness (QED) is 0.881. The van der Waals surface area contributed by atoms with Crippen molar-refractivity contribution in [3.05, 3.63) is 52.9 Å². The second-order valence-corrected chi connectivity index (χ2v) is 8.34. The number of hydrogen-bond donors (Lipinski definition) is 1. The lowest BCUT2D eigenvalue weighted by Gasteiger charge is -2.18. The van der Waals surface area contributed by atoms with Gasteiger partial charge in [0.1, 0.15) is 9.46 Å². The van der Waals surface area contributed by atoms with Crippen molar-refractivity contribution in [3.63, 3.8) is 0 Å². The number of aryl methyl sites for hydroxylation is 1. The van der Waals surface area contributed by atoms with Gasteiger partial charge in [-0.1, -0.05) is 42.8 Å². The van der Waals surface area contributed by atoms with Gasteiger partial charge in [0.2, 0.25) is 5.91 Å². The van der Waals surface area contributed by atoms with Gasteiger partial charge in [-0.25, -0.2) is 8.42 Å². The number of sulfone groups is 1. The van der Waals surface area contributed by atoms with Crippen LogP contribution in [0.25, 0.3) is 0 Å². The highest BCUT2D eigenvalue weighted by molar-refractivity contribution is 7.93. The lowest BCUT2D eigenvalue weighted by molar-refractivity contribution is -0.120. The summed E-state index contributed by atoms with van der Waals surface area (Å²) in [5.41, 5.74) is 1.75. The van der Waals surface area contributed by atoms with Gasteiger partial charge < -0.3 is 5.32 Å². The van der Waals surface area contributed by atoms with E-state index < -0.39 is 15.1 Å². The van der Waals surface area contributed by atoms with Crippen LogP contribution in [0.1, 0.15) is 29.7 Å². The molecule has 2 rings (SSSR count). The van der Waals surface area contributed by atoms with Gasteiger partial charge in [0, 0.05) is 13.0 Å². The molecule has 0 aliphatic carbocycles. The van der Waals surface area contributed by atoms with Crippen molar-refractivity contribution in [2.75, 3.05) is 6.54 Å². The topological polar surface area (TPSA) is 63.2 Å². The highest BCUT2D eigenvalue weighted by atomic mass is 32.2. The molecule has 4 nitrogen and oxygen atoms in total. The van der Waals surface area contributed by atoms with E-state index in [9.17, 15) is 13.2 Å². The molecule has 2 aromatic rings. The second-order valence-electron chi connectivity index (χ2n) is 5.03. The molecule has 0 saturated heterocycles. The number of thiophene rings is 1. The van der Waals surface area contributed by atoms with E-state index in [1.54, 1.807) is 24.4 Å². The average molecular weight is 337 g/mol. The van der Waals surface area contributed by atoms with Crippen LogP contribution < -0.4 is 5.32 Å². The molecule has 118 valence electrons. The van der Waals surface area contributed by atoms with Crippen molar-refractivity contribution in [2.24, 2.45) is 0 Å². The van der Waals surface area contributed by atoms with Crippen LogP contribution in [-0.4, -0.2) is 20.9 Å². The molecule has 1 amide bonds. The van der Waals surface area contributed by atoms with E-state index in [0.29, 0.717) is 16.2 Å². The Morgan fingerprint density at radius 2 is 1.91 bits per heavy atom. The molecule has 1 N–H and O–H groups in total. The van der Waals surface area contributed by atoms with Gasteiger partial charge >= 0.3 is 0 Å². The molecule has 0 unspecified atom stereocenters. The summed E-state index contributed by atoms with van der Waals surface area (Å²) in [6.45, 7) is 3.77. The summed E-state index contributed by atoms with van der Waals surface area (Å²) < 4.78 is 26.0. The van der Waals surface area contributed by atoms with Crippen molar-refractivity contribution in [3.8, 4) is 0 Å². The first-order chi connectivity index (χ1) is 10.4. The van der Waals surface area contributed by atoms with Crippen molar-refractivity contribution in [1.82, 2.24) is 5.32 Å². The fourth-order valence-corrected chi connectivity index (χ4v) is 4.95. The summed E-state index contributed by atoms with van der Waals surface area (Å²) in [6.07, 6.45) is 0.333. The van der Waals surface area contributed by atoms with Gasteiger partial charge in [-0.2, -0.15) is 0 Å². The first kappa shape index (κ1) is 16.7. The maximum atomic E-state index is 12.8. The van der Waals surface area contributed by atoms with Crippen LogP contribution >= 0.6 is 11.3 Å². The molecule has 0 fully saturated rings. The molecule has 0 saturated carbocycles. The number of rotatable bonds is 6. The summed E-state index contributed by atoms with van der Waals surface area (Å²) in [5.74, 6) is -0.154. The smallest absolute Gasteiger partial charge is 0.219 e. The van der Waals surface area contributed by atoms with Crippen molar-refractivity contribution < 1.29 is 13.2 Å². The third-order valence-electron chi connectivity index (χ3n) is 3.40. The number of hydrogen-bond acceptors (Lipinski definition) is 4. The lowest BCUT2D eigenvalue weighted by atomic mass is 10.1. The van der Waals surface area contributed by atoms with E-state index >= 15 is 0 Å². The molecule has 1 atom stereocenters. The van der Waals surface area contributed by atoms with E-state index in [-0.39, 0.29) is 12.5 Å². The Bertz CT molecular complexity index is 719. The Morgan fingerprint density at radius 3 is 2.45 bits per heavy atom. The number of benzene rings is 1. The minimum atomic E-state index is -3.52. The summed E-state index contributed by atoms with van der Waals surface area (Å²) in [5, 5.41) is 3.66. The van der Waals surface area contributed by atoms with Gasteiger partial charge in [-0.3, -0.25) is 4.79 Å². The third-order valence-corrected chi connectivity index (χ3v) is 6.94. The normalized spacial score (nSPS) is 12.8. The number of nitrogens with one attached hydrogen (secondary N) is 1. The van der Waals surface area contributed by atoms with Crippen LogP contribution in [0.4, 0.5) is 0 Å². The monoisotopic (exact) mass is 337 g/mol. The van der Waals surface area contributed by atoms with E-state index in [1.807, 2.05) is 31.2 Å². The molecule has 1 aromatic heterocycles. The Morgan fingerprint density at radius 1 is 1.23 bits per heavy atom. The molecular weight excluding hydrogens is 318 g/mol. The van der Waals surface area contributed by atoms with Gasteiger partial charge in [0.05, 0.1) is 0 Å². The molecule has 0 bridgehead atoms. The molecule has 22 heavy (non-hydrogen) atoms. The molecule has 0 spiro atoms. The standard InChI is InChI=1S/C16H19NO3S2/c1-3-15(18)17-11-14(13-8-6-12(2)7-9-13)22(19,20)16-5-4-10-21-16/h4-10,14H,3,11H2,1-2H3,(H,17,18)/t14-/m1/s1. The van der Waals surface area contributed by atoms with Crippen LogP contribution in [-0.2, 0) is 14.6 Å². The van der Waals surface area contributed by atoms with Crippen LogP contribution in [0.3, 0.4) is 0 Å². The zero-order chi connectivity index (χ0) is 16.2. The highest BCUT2D eigenvalue weighted by Crippen LogP contribution is 2.31. The van der Waals surface area contributed by atoms with E-state index in [1.165, 1.54) is 11.3 Å². The Kier molecular flexibility index (Phi) is 5.37. The van der Waals surface area contributed by atoms with Crippen molar-refractivity contribution in [1.29, 1.82) is 0 Å². The summed E-state index contributed by atoms with van der Waals surface area (Å²) in [6, 6.07) is 10.7. The van der Waals surface area contributed by atoms with Crippen LogP contribution in [0, 0.1) is 6.92 Å². The van der Waals surface area contributed by atoms with E-state index in [0.717, 1.165) is 5.56 Å². The number of amides is 1. The van der Waals surface area contributed by atoms with Gasteiger partial charge in [0.15, 0.2) is 9.84 Å². The summed E-state index contributed by atoms with van der Waals surface area (Å²) in [7, 11) is -3.52. The number of carbonyl (C=O) groups is 1. The second kappa shape index (κ2) is 7.07. The Hall–Kier alpha value is -1.66. The average Bonchev–Trinajstić information content (AvgIpc) is 3.04. The van der Waals surface area contributed by atoms with Crippen LogP contribution in [0.15, 0.2) is 46.0 Å². The first-order valence-corrected chi connectivity index (χ1v) is 9.48. The predicted molar refractivity (Wildman–Crippen MR) is 88.7 cm³/mol. The van der Waals surface area contributed by atoms with Gasteiger partial charge in [0.25, 0.3) is 0 Å². The van der Waals surface area contributed by atoms with E-state index in [4.69, 9.17) is 0 Å².